The van der Waals surface area contributed by atoms with Crippen molar-refractivity contribution >= 4 is 34.0 Å². The highest BCUT2D eigenvalue weighted by Gasteiger charge is 2.25. The van der Waals surface area contributed by atoms with Crippen molar-refractivity contribution in [3.05, 3.63) is 10.5 Å². The molecule has 1 saturated heterocycles. The van der Waals surface area contributed by atoms with Crippen molar-refractivity contribution in [2.75, 3.05) is 5.32 Å². The Kier molecular flexibility index (Phi) is 3.11. The molecule has 1 fully saturated rings. The summed E-state index contributed by atoms with van der Waals surface area (Å²) < 4.78 is 0. The van der Waals surface area contributed by atoms with Crippen molar-refractivity contribution in [2.24, 2.45) is 0 Å². The maximum absolute atomic E-state index is 11.1. The summed E-state index contributed by atoms with van der Waals surface area (Å²) in [5.74, 6) is 0.123. The minimum atomic E-state index is 0.123. The fourth-order valence-electron chi connectivity index (χ4n) is 1.64. The molecule has 2 atom stereocenters. The van der Waals surface area contributed by atoms with E-state index in [2.05, 4.69) is 15.6 Å². The summed E-state index contributed by atoms with van der Waals surface area (Å²) in [5, 5.41) is 9.29. The second-order valence-corrected chi connectivity index (χ2v) is 4.87. The Morgan fingerprint density at radius 3 is 3.13 bits per heavy atom. The fraction of sp³-hybridized carbons (Fsp3) is 0.556. The summed E-state index contributed by atoms with van der Waals surface area (Å²) in [4.78, 5) is 15.2. The van der Waals surface area contributed by atoms with E-state index in [1.807, 2.05) is 6.92 Å². The molecule has 0 bridgehead atoms. The van der Waals surface area contributed by atoms with E-state index in [4.69, 9.17) is 11.6 Å². The number of carbonyl (C=O) groups excluding carboxylic acids is 1. The van der Waals surface area contributed by atoms with E-state index in [0.29, 0.717) is 11.6 Å². The number of carbonyl (C=O) groups is 1. The van der Waals surface area contributed by atoms with E-state index in [1.54, 1.807) is 5.38 Å². The Morgan fingerprint density at radius 2 is 2.53 bits per heavy atom. The number of rotatable bonds is 2. The largest absolute Gasteiger partial charge is 0.357 e. The SMILES string of the molecule is CC1NC(=O)CCC1Nc1nc(Cl)cs1. The van der Waals surface area contributed by atoms with Gasteiger partial charge in [-0.15, -0.1) is 11.3 Å². The molecule has 2 rings (SSSR count). The van der Waals surface area contributed by atoms with Crippen LogP contribution in [0.15, 0.2) is 5.38 Å². The van der Waals surface area contributed by atoms with Crippen molar-refractivity contribution in [1.82, 2.24) is 10.3 Å². The number of hydrogen-bond acceptors (Lipinski definition) is 4. The number of nitrogens with one attached hydrogen (secondary N) is 2. The van der Waals surface area contributed by atoms with Gasteiger partial charge in [-0.2, -0.15) is 0 Å². The summed E-state index contributed by atoms with van der Waals surface area (Å²) in [6.07, 6.45) is 1.41. The van der Waals surface area contributed by atoms with Crippen LogP contribution in [0.1, 0.15) is 19.8 Å². The zero-order chi connectivity index (χ0) is 10.8. The van der Waals surface area contributed by atoms with Gasteiger partial charge in [-0.1, -0.05) is 11.6 Å². The van der Waals surface area contributed by atoms with E-state index in [-0.39, 0.29) is 18.0 Å². The van der Waals surface area contributed by atoms with Crippen molar-refractivity contribution in [2.45, 2.75) is 31.8 Å². The number of thiazole rings is 1. The quantitative estimate of drug-likeness (QED) is 0.837. The smallest absolute Gasteiger partial charge is 0.220 e. The summed E-state index contributed by atoms with van der Waals surface area (Å²) in [6, 6.07) is 0.374. The lowest BCUT2D eigenvalue weighted by molar-refractivity contribution is -0.123. The van der Waals surface area contributed by atoms with Crippen LogP contribution in [0.3, 0.4) is 0 Å². The van der Waals surface area contributed by atoms with E-state index in [1.165, 1.54) is 11.3 Å². The lowest BCUT2D eigenvalue weighted by Crippen LogP contribution is -2.49. The predicted octanol–water partition coefficient (Wildman–Crippen LogP) is 1.88. The van der Waals surface area contributed by atoms with Crippen LogP contribution in [-0.4, -0.2) is 23.0 Å². The summed E-state index contributed by atoms with van der Waals surface area (Å²) in [5.41, 5.74) is 0. The average Bonchev–Trinajstić information content (AvgIpc) is 2.56. The maximum atomic E-state index is 11.1. The zero-order valence-electron chi connectivity index (χ0n) is 8.29. The average molecular weight is 246 g/mol. The standard InChI is InChI=1S/C9H12ClN3OS/c1-5-6(2-3-8(14)11-5)12-9-13-7(10)4-15-9/h4-6H,2-3H2,1H3,(H,11,14)(H,12,13). The third kappa shape index (κ3) is 2.60. The van der Waals surface area contributed by atoms with Crippen LogP contribution in [-0.2, 0) is 4.79 Å². The highest BCUT2D eigenvalue weighted by Crippen LogP contribution is 2.22. The topological polar surface area (TPSA) is 54.0 Å². The fourth-order valence-corrected chi connectivity index (χ4v) is 2.54. The number of amides is 1. The molecule has 0 aromatic carbocycles. The number of halogens is 1. The van der Waals surface area contributed by atoms with Crippen LogP contribution >= 0.6 is 22.9 Å². The second kappa shape index (κ2) is 4.37. The third-order valence-electron chi connectivity index (χ3n) is 2.46. The highest BCUT2D eigenvalue weighted by molar-refractivity contribution is 7.14. The van der Waals surface area contributed by atoms with Crippen LogP contribution in [0, 0.1) is 0 Å². The van der Waals surface area contributed by atoms with E-state index in [9.17, 15) is 4.79 Å². The van der Waals surface area contributed by atoms with Crippen LogP contribution < -0.4 is 10.6 Å². The Balaban J connectivity index is 1.97. The molecular formula is C9H12ClN3OS. The number of aromatic nitrogens is 1. The maximum Gasteiger partial charge on any atom is 0.220 e. The van der Waals surface area contributed by atoms with Crippen LogP contribution in [0.2, 0.25) is 5.15 Å². The molecule has 2 unspecified atom stereocenters. The van der Waals surface area contributed by atoms with E-state index < -0.39 is 0 Å². The minimum absolute atomic E-state index is 0.123. The Bertz CT molecular complexity index is 368. The molecule has 82 valence electrons. The van der Waals surface area contributed by atoms with Crippen LogP contribution in [0.4, 0.5) is 5.13 Å². The first-order valence-corrected chi connectivity index (χ1v) is 6.08. The molecule has 0 spiro atoms. The summed E-state index contributed by atoms with van der Waals surface area (Å²) in [7, 11) is 0. The molecular weight excluding hydrogens is 234 g/mol. The first-order valence-electron chi connectivity index (χ1n) is 4.82. The van der Waals surface area contributed by atoms with Gasteiger partial charge in [0.15, 0.2) is 5.13 Å². The van der Waals surface area contributed by atoms with E-state index >= 15 is 0 Å². The Labute approximate surface area is 97.0 Å². The first kappa shape index (κ1) is 10.7. The summed E-state index contributed by atoms with van der Waals surface area (Å²) >= 11 is 7.21. The predicted molar refractivity (Wildman–Crippen MR) is 61.4 cm³/mol. The van der Waals surface area contributed by atoms with Gasteiger partial charge in [0.2, 0.25) is 5.91 Å². The van der Waals surface area contributed by atoms with Gasteiger partial charge >= 0.3 is 0 Å². The molecule has 1 aliphatic rings. The molecule has 1 aliphatic heterocycles. The van der Waals surface area contributed by atoms with Crippen molar-refractivity contribution in [3.63, 3.8) is 0 Å². The van der Waals surface area contributed by atoms with Crippen molar-refractivity contribution in [3.8, 4) is 0 Å². The number of nitrogens with zero attached hydrogens (tertiary/aromatic N) is 1. The number of anilines is 1. The van der Waals surface area contributed by atoms with Gasteiger partial charge in [0.25, 0.3) is 0 Å². The molecule has 0 saturated carbocycles. The van der Waals surface area contributed by atoms with Gasteiger partial charge < -0.3 is 10.6 Å². The Hall–Kier alpha value is -0.810. The lowest BCUT2D eigenvalue weighted by Gasteiger charge is -2.29. The molecule has 2 heterocycles. The van der Waals surface area contributed by atoms with Gasteiger partial charge in [-0.05, 0) is 13.3 Å². The molecule has 0 radical (unpaired) electrons. The third-order valence-corrected chi connectivity index (χ3v) is 3.56. The highest BCUT2D eigenvalue weighted by atomic mass is 35.5. The molecule has 6 heteroatoms. The molecule has 15 heavy (non-hydrogen) atoms. The second-order valence-electron chi connectivity index (χ2n) is 3.62. The monoisotopic (exact) mass is 245 g/mol. The molecule has 1 aromatic rings. The van der Waals surface area contributed by atoms with Gasteiger partial charge in [-0.25, -0.2) is 4.98 Å². The zero-order valence-corrected chi connectivity index (χ0v) is 9.86. The molecule has 1 amide bonds. The first-order chi connectivity index (χ1) is 7.15. The normalized spacial score (nSPS) is 26.1. The molecule has 0 aliphatic carbocycles. The van der Waals surface area contributed by atoms with Crippen molar-refractivity contribution < 1.29 is 4.79 Å². The van der Waals surface area contributed by atoms with E-state index in [0.717, 1.165) is 11.6 Å². The van der Waals surface area contributed by atoms with Gasteiger partial charge in [0, 0.05) is 23.9 Å². The molecule has 4 nitrogen and oxygen atoms in total. The molecule has 2 N–H and O–H groups in total. The number of piperidine rings is 1. The minimum Gasteiger partial charge on any atom is -0.357 e. The van der Waals surface area contributed by atoms with Crippen LogP contribution in [0.25, 0.3) is 0 Å². The van der Waals surface area contributed by atoms with Gasteiger partial charge in [0.05, 0.1) is 0 Å². The molecule has 1 aromatic heterocycles. The Morgan fingerprint density at radius 1 is 1.73 bits per heavy atom. The van der Waals surface area contributed by atoms with Gasteiger partial charge in [0.1, 0.15) is 5.15 Å². The lowest BCUT2D eigenvalue weighted by atomic mass is 10.00. The van der Waals surface area contributed by atoms with Crippen molar-refractivity contribution in [1.29, 1.82) is 0 Å². The van der Waals surface area contributed by atoms with Gasteiger partial charge in [-0.3, -0.25) is 4.79 Å². The summed E-state index contributed by atoms with van der Waals surface area (Å²) in [6.45, 7) is 1.99. The number of hydrogen-bond donors (Lipinski definition) is 2. The van der Waals surface area contributed by atoms with Crippen LogP contribution in [0.5, 0.6) is 0 Å².